The lowest BCUT2D eigenvalue weighted by molar-refractivity contribution is -0.151. The number of likely N-dealkylation sites (tertiary alicyclic amines) is 1. The monoisotopic (exact) mass is 453 g/mol. The third-order valence-corrected chi connectivity index (χ3v) is 11.6. The summed E-state index contributed by atoms with van der Waals surface area (Å²) in [5.74, 6) is 5.39. The van der Waals surface area contributed by atoms with E-state index in [9.17, 15) is 9.59 Å². The summed E-state index contributed by atoms with van der Waals surface area (Å²) < 4.78 is 0. The van der Waals surface area contributed by atoms with Crippen LogP contribution >= 0.6 is 0 Å². The minimum atomic E-state index is -0.0923. The number of hydrogen-bond donors (Lipinski definition) is 2. The van der Waals surface area contributed by atoms with E-state index in [4.69, 9.17) is 0 Å². The lowest BCUT2D eigenvalue weighted by Gasteiger charge is -2.56. The third kappa shape index (κ3) is 3.42. The van der Waals surface area contributed by atoms with Crippen molar-refractivity contribution in [2.24, 2.45) is 46.3 Å². The van der Waals surface area contributed by atoms with Crippen LogP contribution in [-0.2, 0) is 9.59 Å². The van der Waals surface area contributed by atoms with E-state index < -0.39 is 0 Å². The summed E-state index contributed by atoms with van der Waals surface area (Å²) in [6.45, 7) is 0. The maximum Gasteiger partial charge on any atom is 0.227 e. The molecule has 9 fully saturated rings. The van der Waals surface area contributed by atoms with E-state index in [1.165, 1.54) is 38.5 Å². The Hall–Kier alpha value is -1.10. The first-order valence-corrected chi connectivity index (χ1v) is 14.2. The third-order valence-electron chi connectivity index (χ3n) is 11.6. The van der Waals surface area contributed by atoms with Crippen molar-refractivity contribution in [2.45, 2.75) is 109 Å². The van der Waals surface area contributed by atoms with Crippen LogP contribution in [0.3, 0.4) is 0 Å². The average molecular weight is 454 g/mol. The van der Waals surface area contributed by atoms with Crippen molar-refractivity contribution in [3.05, 3.63) is 0 Å². The topological polar surface area (TPSA) is 61.4 Å². The second-order valence-electron chi connectivity index (χ2n) is 14.0. The van der Waals surface area contributed by atoms with Gasteiger partial charge in [-0.15, -0.1) is 0 Å². The Kier molecular flexibility index (Phi) is 4.79. The number of carbonyl (C=O) groups is 2. The molecule has 0 aromatic heterocycles. The fourth-order valence-electron chi connectivity index (χ4n) is 10.9. The number of nitrogens with zero attached hydrogens (tertiary/aromatic N) is 1. The fourth-order valence-corrected chi connectivity index (χ4v) is 10.9. The van der Waals surface area contributed by atoms with Crippen LogP contribution in [0.15, 0.2) is 0 Å². The first-order valence-electron chi connectivity index (χ1n) is 14.2. The quantitative estimate of drug-likeness (QED) is 0.662. The maximum atomic E-state index is 13.6. The van der Waals surface area contributed by atoms with E-state index in [1.54, 1.807) is 0 Å². The zero-order chi connectivity index (χ0) is 22.4. The van der Waals surface area contributed by atoms with E-state index in [2.05, 4.69) is 22.6 Å². The molecule has 1 heterocycles. The standard InChI is InChI=1S/C28H43N3O2/c1-31-23(29-25(32)27-11-17-5-18(12-27)7-19(6-17)13-27)3-2-4-24(31)30-26(33)28-14-20-8-21(15-28)10-22(9-20)16-28/h17-24H,2-16H2,1H3,(H,29,32)(H,30,33). The number of amides is 2. The van der Waals surface area contributed by atoms with E-state index in [-0.39, 0.29) is 23.2 Å². The zero-order valence-electron chi connectivity index (χ0n) is 20.5. The van der Waals surface area contributed by atoms with Gasteiger partial charge >= 0.3 is 0 Å². The summed E-state index contributed by atoms with van der Waals surface area (Å²) >= 11 is 0. The molecular formula is C28H43N3O2. The van der Waals surface area contributed by atoms with Crippen molar-refractivity contribution in [1.82, 2.24) is 15.5 Å². The van der Waals surface area contributed by atoms with Gasteiger partial charge in [-0.1, -0.05) is 0 Å². The molecule has 9 aliphatic rings. The van der Waals surface area contributed by atoms with Gasteiger partial charge < -0.3 is 10.6 Å². The summed E-state index contributed by atoms with van der Waals surface area (Å²) in [5.41, 5.74) is -0.185. The summed E-state index contributed by atoms with van der Waals surface area (Å²) in [5, 5.41) is 7.00. The van der Waals surface area contributed by atoms with Crippen molar-refractivity contribution in [3.8, 4) is 0 Å². The molecule has 33 heavy (non-hydrogen) atoms. The highest BCUT2D eigenvalue weighted by Gasteiger charge is 2.56. The van der Waals surface area contributed by atoms with Crippen LogP contribution in [0.1, 0.15) is 96.3 Å². The SMILES string of the molecule is CN1C(NC(=O)C23CC4CC(CC(C4)C2)C3)CCCC1NC(=O)C12CC3CC(CC(C3)C1)C2. The summed E-state index contributed by atoms with van der Waals surface area (Å²) in [6, 6.07) is 0. The fraction of sp³-hybridized carbons (Fsp3) is 0.929. The van der Waals surface area contributed by atoms with Crippen molar-refractivity contribution in [1.29, 1.82) is 0 Å². The molecule has 0 aromatic rings. The normalized spacial score (nSPS) is 52.2. The molecule has 0 spiro atoms. The van der Waals surface area contributed by atoms with Crippen molar-refractivity contribution >= 4 is 11.8 Å². The predicted molar refractivity (Wildman–Crippen MR) is 127 cm³/mol. The highest BCUT2D eigenvalue weighted by Crippen LogP contribution is 2.61. The van der Waals surface area contributed by atoms with Gasteiger partial charge in [0.2, 0.25) is 11.8 Å². The molecule has 8 bridgehead atoms. The summed E-state index contributed by atoms with van der Waals surface area (Å²) in [4.78, 5) is 29.6. The molecular weight excluding hydrogens is 410 g/mol. The molecule has 0 radical (unpaired) electrons. The number of hydrogen-bond acceptors (Lipinski definition) is 3. The second kappa shape index (κ2) is 7.45. The summed E-state index contributed by atoms with van der Waals surface area (Å²) in [6.07, 6.45) is 18.1. The van der Waals surface area contributed by atoms with Gasteiger partial charge in [0.1, 0.15) is 0 Å². The Labute approximate surface area is 199 Å². The van der Waals surface area contributed by atoms with Gasteiger partial charge in [0, 0.05) is 0 Å². The van der Waals surface area contributed by atoms with Crippen LogP contribution in [0.4, 0.5) is 0 Å². The molecule has 9 rings (SSSR count). The minimum absolute atomic E-state index is 0.0564. The molecule has 1 aliphatic heterocycles. The molecule has 8 saturated carbocycles. The lowest BCUT2D eigenvalue weighted by Crippen LogP contribution is -2.63. The smallest absolute Gasteiger partial charge is 0.227 e. The summed E-state index contributed by atoms with van der Waals surface area (Å²) in [7, 11) is 2.12. The van der Waals surface area contributed by atoms with Crippen LogP contribution in [0.25, 0.3) is 0 Å². The molecule has 2 unspecified atom stereocenters. The number of carbonyl (C=O) groups excluding carboxylic acids is 2. The Morgan fingerprint density at radius 3 is 1.21 bits per heavy atom. The molecule has 5 nitrogen and oxygen atoms in total. The van der Waals surface area contributed by atoms with Crippen LogP contribution in [-0.4, -0.2) is 36.1 Å². The zero-order valence-corrected chi connectivity index (χ0v) is 20.5. The Morgan fingerprint density at radius 1 is 0.606 bits per heavy atom. The first-order chi connectivity index (χ1) is 15.9. The maximum absolute atomic E-state index is 13.6. The molecule has 2 atom stereocenters. The van der Waals surface area contributed by atoms with Gasteiger partial charge in [0.05, 0.1) is 23.2 Å². The molecule has 182 valence electrons. The molecule has 0 aromatic carbocycles. The number of piperidine rings is 1. The molecule has 8 aliphatic carbocycles. The van der Waals surface area contributed by atoms with E-state index in [0.717, 1.165) is 93.3 Å². The first kappa shape index (κ1) is 21.2. The van der Waals surface area contributed by atoms with Gasteiger partial charge in [0.25, 0.3) is 0 Å². The largest absolute Gasteiger partial charge is 0.340 e. The molecule has 2 amide bonds. The Morgan fingerprint density at radius 2 is 0.909 bits per heavy atom. The molecule has 2 N–H and O–H groups in total. The second-order valence-corrected chi connectivity index (χ2v) is 14.0. The van der Waals surface area contributed by atoms with Crippen LogP contribution < -0.4 is 10.6 Å². The number of nitrogens with one attached hydrogen (secondary N) is 2. The van der Waals surface area contributed by atoms with E-state index in [1.807, 2.05) is 0 Å². The van der Waals surface area contributed by atoms with Crippen molar-refractivity contribution in [2.75, 3.05) is 7.05 Å². The molecule has 1 saturated heterocycles. The van der Waals surface area contributed by atoms with Crippen molar-refractivity contribution < 1.29 is 9.59 Å². The highest BCUT2D eigenvalue weighted by molar-refractivity contribution is 5.84. The van der Waals surface area contributed by atoms with Crippen molar-refractivity contribution in [3.63, 3.8) is 0 Å². The Balaban J connectivity index is 1.02. The molecule has 5 heteroatoms. The number of rotatable bonds is 4. The van der Waals surface area contributed by atoms with E-state index >= 15 is 0 Å². The van der Waals surface area contributed by atoms with E-state index in [0.29, 0.717) is 11.8 Å². The Bertz CT molecular complexity index is 700. The van der Waals surface area contributed by atoms with Gasteiger partial charge in [-0.25, -0.2) is 0 Å². The van der Waals surface area contributed by atoms with Gasteiger partial charge in [0.15, 0.2) is 0 Å². The van der Waals surface area contributed by atoms with Gasteiger partial charge in [-0.05, 0) is 139 Å². The average Bonchev–Trinajstić information content (AvgIpc) is 2.74. The van der Waals surface area contributed by atoms with Gasteiger partial charge in [-0.3, -0.25) is 14.5 Å². The lowest BCUT2D eigenvalue weighted by atomic mass is 9.49. The van der Waals surface area contributed by atoms with Crippen LogP contribution in [0, 0.1) is 46.3 Å². The highest BCUT2D eigenvalue weighted by atomic mass is 16.2. The predicted octanol–water partition coefficient (Wildman–Crippen LogP) is 4.42. The van der Waals surface area contributed by atoms with Crippen LogP contribution in [0.5, 0.6) is 0 Å². The van der Waals surface area contributed by atoms with Crippen LogP contribution in [0.2, 0.25) is 0 Å². The minimum Gasteiger partial charge on any atom is -0.340 e. The van der Waals surface area contributed by atoms with Gasteiger partial charge in [-0.2, -0.15) is 0 Å².